The Morgan fingerprint density at radius 3 is 2.87 bits per heavy atom. The number of pyridine rings is 1. The number of imidazole rings is 1. The van der Waals surface area contributed by atoms with Crippen molar-refractivity contribution < 1.29 is 9.53 Å². The lowest BCUT2D eigenvalue weighted by Crippen LogP contribution is -2.28. The van der Waals surface area contributed by atoms with E-state index in [-0.39, 0.29) is 5.91 Å². The van der Waals surface area contributed by atoms with Gasteiger partial charge in [-0.15, -0.1) is 5.10 Å². The summed E-state index contributed by atoms with van der Waals surface area (Å²) >= 11 is 0. The molecule has 0 aromatic carbocycles. The second-order valence-electron chi connectivity index (χ2n) is 7.35. The number of amides is 1. The number of hydrogen-bond acceptors (Lipinski definition) is 6. The van der Waals surface area contributed by atoms with Crippen LogP contribution in [0.15, 0.2) is 43.0 Å². The fraction of sp³-hybridized carbons (Fsp3) is 0.333. The smallest absolute Gasteiger partial charge is 0.272 e. The van der Waals surface area contributed by atoms with E-state index in [0.717, 1.165) is 48.2 Å². The Balaban J connectivity index is 1.49. The third-order valence-corrected chi connectivity index (χ3v) is 5.44. The lowest BCUT2D eigenvalue weighted by Gasteiger charge is -2.14. The predicted octanol–water partition coefficient (Wildman–Crippen LogP) is 2.34. The molecule has 9 heteroatoms. The monoisotopic (exact) mass is 405 g/mol. The summed E-state index contributed by atoms with van der Waals surface area (Å²) in [7, 11) is 1.66. The minimum Gasteiger partial charge on any atom is -0.383 e. The molecule has 1 aliphatic heterocycles. The first kappa shape index (κ1) is 18.6. The van der Waals surface area contributed by atoms with Crippen molar-refractivity contribution in [3.05, 3.63) is 48.7 Å². The second-order valence-corrected chi connectivity index (χ2v) is 7.35. The highest BCUT2D eigenvalue weighted by Crippen LogP contribution is 2.26. The number of ether oxygens (including phenoxy) is 1. The fourth-order valence-corrected chi connectivity index (χ4v) is 3.87. The molecule has 4 aromatic heterocycles. The van der Waals surface area contributed by atoms with Gasteiger partial charge in [-0.3, -0.25) is 9.20 Å². The van der Waals surface area contributed by atoms with Crippen LogP contribution in [0, 0.1) is 0 Å². The summed E-state index contributed by atoms with van der Waals surface area (Å²) in [4.78, 5) is 23.6. The van der Waals surface area contributed by atoms with Crippen LogP contribution in [0.1, 0.15) is 23.3 Å². The van der Waals surface area contributed by atoms with Crippen molar-refractivity contribution >= 4 is 23.0 Å². The van der Waals surface area contributed by atoms with Crippen LogP contribution in [-0.2, 0) is 4.74 Å². The van der Waals surface area contributed by atoms with Crippen LogP contribution in [-0.4, -0.2) is 68.1 Å². The molecular weight excluding hydrogens is 382 g/mol. The molecule has 4 aromatic rings. The largest absolute Gasteiger partial charge is 0.383 e. The quantitative estimate of drug-likeness (QED) is 0.496. The molecule has 0 atom stereocenters. The third-order valence-electron chi connectivity index (χ3n) is 5.44. The van der Waals surface area contributed by atoms with Gasteiger partial charge in [0, 0.05) is 50.3 Å². The molecule has 1 aliphatic rings. The van der Waals surface area contributed by atoms with Gasteiger partial charge in [-0.25, -0.2) is 14.5 Å². The summed E-state index contributed by atoms with van der Waals surface area (Å²) in [6, 6.07) is 5.94. The topological polar surface area (TPSA) is 89.1 Å². The number of likely N-dealkylation sites (tertiary alicyclic amines) is 1. The Bertz CT molecular complexity index is 1210. The number of rotatable bonds is 6. The molecule has 30 heavy (non-hydrogen) atoms. The summed E-state index contributed by atoms with van der Waals surface area (Å²) in [5, 5.41) is 7.63. The molecule has 0 bridgehead atoms. The van der Waals surface area contributed by atoms with Crippen LogP contribution in [0.4, 0.5) is 5.95 Å². The summed E-state index contributed by atoms with van der Waals surface area (Å²) < 4.78 is 8.71. The van der Waals surface area contributed by atoms with Crippen LogP contribution in [0.5, 0.6) is 0 Å². The Morgan fingerprint density at radius 1 is 1.17 bits per heavy atom. The van der Waals surface area contributed by atoms with Gasteiger partial charge in [0.15, 0.2) is 0 Å². The normalized spacial score (nSPS) is 14.1. The molecule has 154 valence electrons. The van der Waals surface area contributed by atoms with E-state index in [1.807, 2.05) is 39.9 Å². The standard InChI is InChI=1S/C21H23N7O2/c1-30-11-7-22-21-24-12-17-16(6-10-28(17)25-21)15-4-5-19-23-13-18(27(19)14-15)20(29)26-8-2-3-9-26/h4-6,10,12-14H,2-3,7-9,11H2,1H3,(H,22,25). The molecule has 0 unspecified atom stereocenters. The molecule has 0 saturated carbocycles. The number of carbonyl (C=O) groups is 1. The van der Waals surface area contributed by atoms with E-state index in [4.69, 9.17) is 4.74 Å². The van der Waals surface area contributed by atoms with Crippen molar-refractivity contribution in [3.63, 3.8) is 0 Å². The Morgan fingerprint density at radius 2 is 2.03 bits per heavy atom. The predicted molar refractivity (Wildman–Crippen MR) is 113 cm³/mol. The van der Waals surface area contributed by atoms with Gasteiger partial charge in [-0.05, 0) is 31.0 Å². The van der Waals surface area contributed by atoms with Crippen molar-refractivity contribution in [2.75, 3.05) is 38.7 Å². The highest BCUT2D eigenvalue weighted by Gasteiger charge is 2.22. The van der Waals surface area contributed by atoms with Gasteiger partial charge in [0.1, 0.15) is 11.3 Å². The molecule has 0 spiro atoms. The molecule has 5 heterocycles. The zero-order valence-electron chi connectivity index (χ0n) is 16.8. The highest BCUT2D eigenvalue weighted by molar-refractivity contribution is 5.93. The number of aromatic nitrogens is 5. The molecular formula is C21H23N7O2. The maximum Gasteiger partial charge on any atom is 0.272 e. The molecule has 1 fully saturated rings. The third kappa shape index (κ3) is 3.26. The first-order chi connectivity index (χ1) is 14.7. The van der Waals surface area contributed by atoms with Crippen molar-refractivity contribution in [1.82, 2.24) is 28.9 Å². The van der Waals surface area contributed by atoms with Gasteiger partial charge in [0.05, 0.1) is 24.5 Å². The van der Waals surface area contributed by atoms with E-state index in [2.05, 4.69) is 20.4 Å². The van der Waals surface area contributed by atoms with Gasteiger partial charge < -0.3 is 15.0 Å². The number of fused-ring (bicyclic) bond motifs is 2. The second kappa shape index (κ2) is 7.75. The fourth-order valence-electron chi connectivity index (χ4n) is 3.87. The van der Waals surface area contributed by atoms with Gasteiger partial charge in [0.2, 0.25) is 5.95 Å². The number of methoxy groups -OCH3 is 1. The average Bonchev–Trinajstić information content (AvgIpc) is 3.52. The number of nitrogens with zero attached hydrogens (tertiary/aromatic N) is 6. The van der Waals surface area contributed by atoms with Crippen LogP contribution in [0.2, 0.25) is 0 Å². The molecule has 9 nitrogen and oxygen atoms in total. The number of anilines is 1. The SMILES string of the molecule is COCCNc1ncc2c(-c3ccc4ncc(C(=O)N5CCCC5)n4c3)ccn2n1. The van der Waals surface area contributed by atoms with E-state index in [1.165, 1.54) is 0 Å². The van der Waals surface area contributed by atoms with E-state index < -0.39 is 0 Å². The van der Waals surface area contributed by atoms with Gasteiger partial charge >= 0.3 is 0 Å². The lowest BCUT2D eigenvalue weighted by molar-refractivity contribution is 0.0786. The minimum atomic E-state index is 0.0361. The zero-order chi connectivity index (χ0) is 20.5. The van der Waals surface area contributed by atoms with Crippen LogP contribution in [0.3, 0.4) is 0 Å². The molecule has 0 aliphatic carbocycles. The molecule has 1 saturated heterocycles. The van der Waals surface area contributed by atoms with E-state index in [1.54, 1.807) is 24.0 Å². The molecule has 0 radical (unpaired) electrons. The summed E-state index contributed by atoms with van der Waals surface area (Å²) in [6.07, 6.45) is 9.46. The maximum absolute atomic E-state index is 12.9. The Hall–Kier alpha value is -3.46. The van der Waals surface area contributed by atoms with E-state index in [9.17, 15) is 4.79 Å². The highest BCUT2D eigenvalue weighted by atomic mass is 16.5. The zero-order valence-corrected chi connectivity index (χ0v) is 16.8. The molecule has 1 N–H and O–H groups in total. The van der Waals surface area contributed by atoms with E-state index in [0.29, 0.717) is 24.8 Å². The maximum atomic E-state index is 12.9. The van der Waals surface area contributed by atoms with Crippen molar-refractivity contribution in [2.45, 2.75) is 12.8 Å². The van der Waals surface area contributed by atoms with Crippen LogP contribution >= 0.6 is 0 Å². The van der Waals surface area contributed by atoms with Gasteiger partial charge in [-0.2, -0.15) is 0 Å². The number of hydrogen-bond donors (Lipinski definition) is 1. The first-order valence-electron chi connectivity index (χ1n) is 10.1. The van der Waals surface area contributed by atoms with Gasteiger partial charge in [-0.1, -0.05) is 0 Å². The van der Waals surface area contributed by atoms with Crippen LogP contribution in [0.25, 0.3) is 22.3 Å². The Labute approximate surface area is 173 Å². The van der Waals surface area contributed by atoms with Crippen molar-refractivity contribution in [3.8, 4) is 11.1 Å². The van der Waals surface area contributed by atoms with Crippen molar-refractivity contribution in [2.24, 2.45) is 0 Å². The van der Waals surface area contributed by atoms with Gasteiger partial charge in [0.25, 0.3) is 5.91 Å². The lowest BCUT2D eigenvalue weighted by atomic mass is 10.1. The van der Waals surface area contributed by atoms with E-state index >= 15 is 0 Å². The minimum absolute atomic E-state index is 0.0361. The number of carbonyl (C=O) groups excluding carboxylic acids is 1. The first-order valence-corrected chi connectivity index (χ1v) is 10.1. The summed E-state index contributed by atoms with van der Waals surface area (Å²) in [6.45, 7) is 2.85. The summed E-state index contributed by atoms with van der Waals surface area (Å²) in [5.74, 6) is 0.583. The van der Waals surface area contributed by atoms with Crippen molar-refractivity contribution in [1.29, 1.82) is 0 Å². The van der Waals surface area contributed by atoms with Crippen LogP contribution < -0.4 is 5.32 Å². The molecule has 1 amide bonds. The molecule has 5 rings (SSSR count). The Kier molecular flexibility index (Phi) is 4.80. The average molecular weight is 405 g/mol. The number of nitrogens with one attached hydrogen (secondary N) is 1. The summed E-state index contributed by atoms with van der Waals surface area (Å²) in [5.41, 5.74) is 4.21.